The average Bonchev–Trinajstić information content (AvgIpc) is 3.22. The van der Waals surface area contributed by atoms with Crippen LogP contribution in [0.2, 0.25) is 0 Å². The highest BCUT2D eigenvalue weighted by molar-refractivity contribution is 7.89. The number of hydrogen-bond donors (Lipinski definition) is 2. The summed E-state index contributed by atoms with van der Waals surface area (Å²) in [6.45, 7) is 3.32. The minimum atomic E-state index is -3.82. The zero-order valence-corrected chi connectivity index (χ0v) is 13.2. The third kappa shape index (κ3) is 3.95. The molecule has 1 aliphatic rings. The van der Waals surface area contributed by atoms with Crippen LogP contribution >= 0.6 is 0 Å². The van der Waals surface area contributed by atoms with Gasteiger partial charge in [-0.25, -0.2) is 8.42 Å². The van der Waals surface area contributed by atoms with Crippen molar-refractivity contribution in [2.45, 2.75) is 43.7 Å². The van der Waals surface area contributed by atoms with Gasteiger partial charge in [-0.2, -0.15) is 4.72 Å². The van der Waals surface area contributed by atoms with Crippen LogP contribution in [0.4, 0.5) is 0 Å². The van der Waals surface area contributed by atoms with E-state index in [1.165, 1.54) is 20.1 Å². The second-order valence-corrected chi connectivity index (χ2v) is 6.96. The van der Waals surface area contributed by atoms with Crippen molar-refractivity contribution in [2.75, 3.05) is 7.11 Å². The van der Waals surface area contributed by atoms with Gasteiger partial charge in [0.2, 0.25) is 15.9 Å². The Morgan fingerprint density at radius 3 is 2.62 bits per heavy atom. The molecular formula is C14H20N2O4S. The minimum absolute atomic E-state index is 0.0380. The van der Waals surface area contributed by atoms with Crippen LogP contribution in [0.1, 0.15) is 25.3 Å². The monoisotopic (exact) mass is 312 g/mol. The van der Waals surface area contributed by atoms with Gasteiger partial charge in [-0.3, -0.25) is 4.79 Å². The summed E-state index contributed by atoms with van der Waals surface area (Å²) in [5.41, 5.74) is 0.797. The summed E-state index contributed by atoms with van der Waals surface area (Å²) in [5, 5.41) is 2.77. The van der Waals surface area contributed by atoms with Crippen LogP contribution in [-0.4, -0.2) is 33.5 Å². The van der Waals surface area contributed by atoms with Gasteiger partial charge in [0.25, 0.3) is 0 Å². The van der Waals surface area contributed by atoms with Gasteiger partial charge in [0.1, 0.15) is 10.6 Å². The Kier molecular flexibility index (Phi) is 4.53. The molecule has 0 bridgehead atoms. The Balaban J connectivity index is 2.17. The van der Waals surface area contributed by atoms with E-state index in [0.29, 0.717) is 0 Å². The van der Waals surface area contributed by atoms with E-state index in [-0.39, 0.29) is 22.6 Å². The summed E-state index contributed by atoms with van der Waals surface area (Å²) in [7, 11) is -2.41. The van der Waals surface area contributed by atoms with E-state index in [2.05, 4.69) is 10.0 Å². The maximum Gasteiger partial charge on any atom is 0.244 e. The van der Waals surface area contributed by atoms with Crippen molar-refractivity contribution in [3.05, 3.63) is 23.8 Å². The molecule has 1 atom stereocenters. The van der Waals surface area contributed by atoms with Crippen molar-refractivity contribution in [1.82, 2.24) is 10.0 Å². The molecule has 0 heterocycles. The van der Waals surface area contributed by atoms with Gasteiger partial charge < -0.3 is 10.1 Å². The molecule has 1 saturated carbocycles. The van der Waals surface area contributed by atoms with Gasteiger partial charge in [0.15, 0.2) is 0 Å². The number of rotatable bonds is 6. The molecule has 0 saturated heterocycles. The molecule has 2 rings (SSSR count). The van der Waals surface area contributed by atoms with Crippen LogP contribution in [0.5, 0.6) is 5.75 Å². The zero-order valence-electron chi connectivity index (χ0n) is 12.3. The third-order valence-corrected chi connectivity index (χ3v) is 4.82. The largest absolute Gasteiger partial charge is 0.495 e. The van der Waals surface area contributed by atoms with E-state index in [1.54, 1.807) is 19.1 Å². The second kappa shape index (κ2) is 6.03. The molecule has 1 amide bonds. The molecule has 0 spiro atoms. The number of hydrogen-bond acceptors (Lipinski definition) is 4. The molecule has 2 N–H and O–H groups in total. The first-order valence-corrected chi connectivity index (χ1v) is 8.29. The van der Waals surface area contributed by atoms with Crippen LogP contribution in [0.15, 0.2) is 23.1 Å². The topological polar surface area (TPSA) is 84.5 Å². The van der Waals surface area contributed by atoms with Gasteiger partial charge in [-0.05, 0) is 44.4 Å². The molecule has 7 heteroatoms. The van der Waals surface area contributed by atoms with Gasteiger partial charge in [0, 0.05) is 6.04 Å². The molecule has 1 fully saturated rings. The van der Waals surface area contributed by atoms with Gasteiger partial charge >= 0.3 is 0 Å². The Morgan fingerprint density at radius 2 is 2.05 bits per heavy atom. The van der Waals surface area contributed by atoms with Crippen LogP contribution in [0.25, 0.3) is 0 Å². The predicted octanol–water partition coefficient (Wildman–Crippen LogP) is 0.949. The number of carbonyl (C=O) groups is 1. The molecule has 1 aliphatic carbocycles. The lowest BCUT2D eigenvalue weighted by atomic mass is 10.2. The van der Waals surface area contributed by atoms with Crippen molar-refractivity contribution in [1.29, 1.82) is 0 Å². The molecular weight excluding hydrogens is 292 g/mol. The first-order valence-electron chi connectivity index (χ1n) is 6.81. The van der Waals surface area contributed by atoms with Crippen LogP contribution < -0.4 is 14.8 Å². The second-order valence-electron chi connectivity index (χ2n) is 5.28. The highest BCUT2D eigenvalue weighted by atomic mass is 32.2. The van der Waals surface area contributed by atoms with E-state index in [4.69, 9.17) is 4.74 Å². The van der Waals surface area contributed by atoms with Gasteiger partial charge in [-0.1, -0.05) is 6.07 Å². The Bertz CT molecular complexity index is 638. The average molecular weight is 312 g/mol. The lowest BCUT2D eigenvalue weighted by Crippen LogP contribution is -2.45. The highest BCUT2D eigenvalue weighted by Crippen LogP contribution is 2.25. The van der Waals surface area contributed by atoms with Crippen LogP contribution in [0.3, 0.4) is 0 Å². The fraction of sp³-hybridized carbons (Fsp3) is 0.500. The molecule has 1 unspecified atom stereocenters. The third-order valence-electron chi connectivity index (χ3n) is 3.26. The molecule has 21 heavy (non-hydrogen) atoms. The summed E-state index contributed by atoms with van der Waals surface area (Å²) >= 11 is 0. The van der Waals surface area contributed by atoms with Crippen LogP contribution in [-0.2, 0) is 14.8 Å². The number of benzene rings is 1. The normalized spacial score (nSPS) is 16.3. The first-order chi connectivity index (χ1) is 9.83. The SMILES string of the molecule is COc1ccc(C)cc1S(=O)(=O)NC(C)C(=O)NC1CC1. The van der Waals surface area contributed by atoms with Crippen molar-refractivity contribution in [3.63, 3.8) is 0 Å². The smallest absolute Gasteiger partial charge is 0.244 e. The Morgan fingerprint density at radius 1 is 1.38 bits per heavy atom. The van der Waals surface area contributed by atoms with Crippen LogP contribution in [0, 0.1) is 6.92 Å². The minimum Gasteiger partial charge on any atom is -0.495 e. The lowest BCUT2D eigenvalue weighted by Gasteiger charge is -2.16. The number of nitrogens with one attached hydrogen (secondary N) is 2. The molecule has 0 aliphatic heterocycles. The van der Waals surface area contributed by atoms with E-state index in [1.807, 2.05) is 0 Å². The number of aryl methyl sites for hydroxylation is 1. The summed E-state index contributed by atoms with van der Waals surface area (Å²) < 4.78 is 32.3. The quantitative estimate of drug-likeness (QED) is 0.819. The number of methoxy groups -OCH3 is 1. The van der Waals surface area contributed by atoms with E-state index >= 15 is 0 Å². The van der Waals surface area contributed by atoms with Gasteiger partial charge in [-0.15, -0.1) is 0 Å². The summed E-state index contributed by atoms with van der Waals surface area (Å²) in [4.78, 5) is 11.9. The lowest BCUT2D eigenvalue weighted by molar-refractivity contribution is -0.122. The number of ether oxygens (including phenoxy) is 1. The molecule has 6 nitrogen and oxygen atoms in total. The predicted molar refractivity (Wildman–Crippen MR) is 78.7 cm³/mol. The molecule has 0 radical (unpaired) electrons. The van der Waals surface area contributed by atoms with E-state index in [0.717, 1.165) is 18.4 Å². The first kappa shape index (κ1) is 15.8. The van der Waals surface area contributed by atoms with Crippen molar-refractivity contribution < 1.29 is 17.9 Å². The van der Waals surface area contributed by atoms with E-state index < -0.39 is 16.1 Å². The van der Waals surface area contributed by atoms with Crippen molar-refractivity contribution in [3.8, 4) is 5.75 Å². The van der Waals surface area contributed by atoms with Crippen molar-refractivity contribution in [2.24, 2.45) is 0 Å². The fourth-order valence-electron chi connectivity index (χ4n) is 1.90. The fourth-order valence-corrected chi connectivity index (χ4v) is 3.35. The Labute approximate surface area is 124 Å². The standard InChI is InChI=1S/C14H20N2O4S/c1-9-4-7-12(20-3)13(8-9)21(18,19)16-10(2)14(17)15-11-5-6-11/h4,7-8,10-11,16H,5-6H2,1-3H3,(H,15,17). The molecule has 116 valence electrons. The summed E-state index contributed by atoms with van der Waals surface area (Å²) in [6, 6.07) is 4.24. The Hall–Kier alpha value is -1.60. The molecule has 0 aromatic heterocycles. The summed E-state index contributed by atoms with van der Waals surface area (Å²) in [6.07, 6.45) is 1.91. The summed E-state index contributed by atoms with van der Waals surface area (Å²) in [5.74, 6) is -0.0596. The number of amides is 1. The number of carbonyl (C=O) groups excluding carboxylic acids is 1. The van der Waals surface area contributed by atoms with Crippen molar-refractivity contribution >= 4 is 15.9 Å². The molecule has 1 aromatic rings. The number of sulfonamides is 1. The zero-order chi connectivity index (χ0) is 15.6. The van der Waals surface area contributed by atoms with Gasteiger partial charge in [0.05, 0.1) is 13.2 Å². The molecule has 1 aromatic carbocycles. The van der Waals surface area contributed by atoms with E-state index in [9.17, 15) is 13.2 Å². The maximum absolute atomic E-state index is 12.4. The maximum atomic E-state index is 12.4. The highest BCUT2D eigenvalue weighted by Gasteiger charge is 2.29.